The van der Waals surface area contributed by atoms with Crippen LogP contribution in [0.2, 0.25) is 0 Å². The molecule has 4 amide bonds. The van der Waals surface area contributed by atoms with Crippen LogP contribution in [-0.4, -0.2) is 65.4 Å². The van der Waals surface area contributed by atoms with Crippen molar-refractivity contribution < 1.29 is 23.9 Å². The minimum Gasteiger partial charge on any atom is -0.467 e. The molecule has 2 aliphatic carbocycles. The number of likely N-dealkylation sites (N-methyl/N-ethyl adjacent to an activating group) is 1. The van der Waals surface area contributed by atoms with E-state index in [-0.39, 0.29) is 12.5 Å². The molecule has 0 radical (unpaired) electrons. The summed E-state index contributed by atoms with van der Waals surface area (Å²) in [5.41, 5.74) is -1.86. The third-order valence-corrected chi connectivity index (χ3v) is 6.45. The Balaban J connectivity index is 1.72. The Bertz CT molecular complexity index is 635. The van der Waals surface area contributed by atoms with E-state index < -0.39 is 29.0 Å². The van der Waals surface area contributed by atoms with Crippen LogP contribution in [0, 0.1) is 0 Å². The lowest BCUT2D eigenvalue weighted by Crippen LogP contribution is -2.58. The van der Waals surface area contributed by atoms with Crippen LogP contribution in [0.15, 0.2) is 0 Å². The quantitative estimate of drug-likeness (QED) is 0.591. The van der Waals surface area contributed by atoms with Crippen molar-refractivity contribution in [2.75, 3.05) is 20.7 Å². The molecule has 27 heavy (non-hydrogen) atoms. The molecule has 1 saturated heterocycles. The van der Waals surface area contributed by atoms with Gasteiger partial charge in [-0.2, -0.15) is 0 Å². The number of esters is 1. The van der Waals surface area contributed by atoms with Crippen molar-refractivity contribution >= 4 is 23.8 Å². The predicted octanol–water partition coefficient (Wildman–Crippen LogP) is 1.58. The summed E-state index contributed by atoms with van der Waals surface area (Å²) >= 11 is 0. The predicted molar refractivity (Wildman–Crippen MR) is 96.7 cm³/mol. The fourth-order valence-electron chi connectivity index (χ4n) is 4.85. The van der Waals surface area contributed by atoms with Gasteiger partial charge in [0.1, 0.15) is 17.6 Å². The molecular weight excluding hydrogens is 350 g/mol. The summed E-state index contributed by atoms with van der Waals surface area (Å²) < 4.78 is 4.90. The number of carbonyl (C=O) groups excluding carboxylic acids is 4. The van der Waals surface area contributed by atoms with Gasteiger partial charge in [-0.25, -0.2) is 9.59 Å². The normalized spacial score (nSPS) is 24.2. The largest absolute Gasteiger partial charge is 0.467 e. The highest BCUT2D eigenvalue weighted by Crippen LogP contribution is 2.39. The smallest absolute Gasteiger partial charge is 0.331 e. The van der Waals surface area contributed by atoms with Crippen LogP contribution < -0.4 is 5.32 Å². The summed E-state index contributed by atoms with van der Waals surface area (Å²) in [6, 6.07) is -0.437. The molecule has 0 aromatic carbocycles. The van der Waals surface area contributed by atoms with E-state index in [2.05, 4.69) is 5.32 Å². The second-order valence-corrected chi connectivity index (χ2v) is 8.01. The standard InChI is InChI=1S/C19H29N3O5/c1-21-17(26)22(15(24)19(21)11-7-4-8-12-19)13-14(23)20-18(16(25)27-2)9-5-3-6-10-18/h3-13H2,1-2H3,(H,20,23). The fourth-order valence-corrected chi connectivity index (χ4v) is 4.85. The number of imide groups is 1. The van der Waals surface area contributed by atoms with Crippen LogP contribution in [0.25, 0.3) is 0 Å². The van der Waals surface area contributed by atoms with E-state index in [0.717, 1.165) is 43.4 Å². The number of hydrogen-bond acceptors (Lipinski definition) is 5. The summed E-state index contributed by atoms with van der Waals surface area (Å²) in [6.45, 7) is -0.359. The minimum atomic E-state index is -1.05. The van der Waals surface area contributed by atoms with Crippen molar-refractivity contribution in [3.63, 3.8) is 0 Å². The Morgan fingerprint density at radius 2 is 1.56 bits per heavy atom. The molecule has 8 nitrogen and oxygen atoms in total. The molecule has 0 unspecified atom stereocenters. The Hall–Kier alpha value is -2.12. The molecule has 1 heterocycles. The molecule has 8 heteroatoms. The first-order valence-corrected chi connectivity index (χ1v) is 9.85. The zero-order chi connectivity index (χ0) is 19.7. The highest BCUT2D eigenvalue weighted by Gasteiger charge is 2.56. The molecule has 3 aliphatic rings. The Morgan fingerprint density at radius 3 is 2.11 bits per heavy atom. The summed E-state index contributed by atoms with van der Waals surface area (Å²) in [7, 11) is 2.95. The van der Waals surface area contributed by atoms with E-state index >= 15 is 0 Å². The zero-order valence-corrected chi connectivity index (χ0v) is 16.2. The highest BCUT2D eigenvalue weighted by atomic mass is 16.5. The molecule has 0 aromatic rings. The molecule has 0 atom stereocenters. The van der Waals surface area contributed by atoms with Crippen LogP contribution in [0.5, 0.6) is 0 Å². The van der Waals surface area contributed by atoms with Gasteiger partial charge in [0.25, 0.3) is 5.91 Å². The van der Waals surface area contributed by atoms with Gasteiger partial charge in [-0.1, -0.05) is 38.5 Å². The van der Waals surface area contributed by atoms with Crippen molar-refractivity contribution in [2.45, 2.75) is 75.3 Å². The number of nitrogens with zero attached hydrogens (tertiary/aromatic N) is 2. The van der Waals surface area contributed by atoms with Crippen molar-refractivity contribution in [2.24, 2.45) is 0 Å². The minimum absolute atomic E-state index is 0.291. The van der Waals surface area contributed by atoms with Crippen molar-refractivity contribution in [3.05, 3.63) is 0 Å². The van der Waals surface area contributed by atoms with Crippen LogP contribution in [-0.2, 0) is 19.1 Å². The van der Waals surface area contributed by atoms with E-state index in [0.29, 0.717) is 25.7 Å². The maximum Gasteiger partial charge on any atom is 0.331 e. The lowest BCUT2D eigenvalue weighted by molar-refractivity contribution is -0.152. The van der Waals surface area contributed by atoms with Crippen LogP contribution in [0.1, 0.15) is 64.2 Å². The van der Waals surface area contributed by atoms with Gasteiger partial charge in [-0.3, -0.25) is 14.5 Å². The zero-order valence-electron chi connectivity index (χ0n) is 16.2. The van der Waals surface area contributed by atoms with Gasteiger partial charge in [0.05, 0.1) is 7.11 Å². The number of carbonyl (C=O) groups is 4. The monoisotopic (exact) mass is 379 g/mol. The van der Waals surface area contributed by atoms with Crippen LogP contribution in [0.4, 0.5) is 4.79 Å². The number of rotatable bonds is 4. The van der Waals surface area contributed by atoms with Crippen molar-refractivity contribution in [1.82, 2.24) is 15.1 Å². The highest BCUT2D eigenvalue weighted by molar-refractivity contribution is 6.09. The van der Waals surface area contributed by atoms with E-state index in [1.165, 1.54) is 12.0 Å². The first-order valence-electron chi connectivity index (χ1n) is 9.85. The number of ether oxygens (including phenoxy) is 1. The fraction of sp³-hybridized carbons (Fsp3) is 0.789. The molecule has 150 valence electrons. The third-order valence-electron chi connectivity index (χ3n) is 6.45. The van der Waals surface area contributed by atoms with E-state index in [4.69, 9.17) is 4.74 Å². The summed E-state index contributed by atoms with van der Waals surface area (Å²) in [4.78, 5) is 53.1. The molecule has 1 aliphatic heterocycles. The molecule has 1 N–H and O–H groups in total. The van der Waals surface area contributed by atoms with Crippen molar-refractivity contribution in [1.29, 1.82) is 0 Å². The van der Waals surface area contributed by atoms with Gasteiger partial charge < -0.3 is 15.0 Å². The van der Waals surface area contributed by atoms with Gasteiger partial charge in [0.2, 0.25) is 5.91 Å². The van der Waals surface area contributed by atoms with Crippen LogP contribution >= 0.6 is 0 Å². The van der Waals surface area contributed by atoms with Crippen molar-refractivity contribution in [3.8, 4) is 0 Å². The molecule has 1 spiro atoms. The first-order chi connectivity index (χ1) is 12.9. The summed E-state index contributed by atoms with van der Waals surface area (Å²) in [5.74, 6) is -1.25. The number of methoxy groups -OCH3 is 1. The lowest BCUT2D eigenvalue weighted by Gasteiger charge is -2.36. The third kappa shape index (κ3) is 3.30. The van der Waals surface area contributed by atoms with Gasteiger partial charge in [0.15, 0.2) is 0 Å². The average molecular weight is 379 g/mol. The molecule has 0 aromatic heterocycles. The summed E-state index contributed by atoms with van der Waals surface area (Å²) in [6.07, 6.45) is 7.80. The maximum atomic E-state index is 13.0. The van der Waals surface area contributed by atoms with Gasteiger partial charge in [-0.05, 0) is 25.7 Å². The average Bonchev–Trinajstić information content (AvgIpc) is 2.85. The van der Waals surface area contributed by atoms with Crippen LogP contribution in [0.3, 0.4) is 0 Å². The summed E-state index contributed by atoms with van der Waals surface area (Å²) in [5, 5.41) is 2.78. The molecule has 3 rings (SSSR count). The number of hydrogen-bond donors (Lipinski definition) is 1. The Labute approximate surface area is 159 Å². The lowest BCUT2D eigenvalue weighted by atomic mass is 9.80. The van der Waals surface area contributed by atoms with E-state index in [1.807, 2.05) is 0 Å². The number of amides is 4. The molecule has 0 bridgehead atoms. The topological polar surface area (TPSA) is 96.0 Å². The molecular formula is C19H29N3O5. The Kier molecular flexibility index (Phi) is 5.44. The second-order valence-electron chi connectivity index (χ2n) is 8.01. The number of urea groups is 1. The number of nitrogens with one attached hydrogen (secondary N) is 1. The van der Waals surface area contributed by atoms with Gasteiger partial charge in [0, 0.05) is 7.05 Å². The van der Waals surface area contributed by atoms with E-state index in [1.54, 1.807) is 7.05 Å². The Morgan fingerprint density at radius 1 is 1.00 bits per heavy atom. The molecule has 2 saturated carbocycles. The maximum absolute atomic E-state index is 13.0. The van der Waals surface area contributed by atoms with Gasteiger partial charge >= 0.3 is 12.0 Å². The second kappa shape index (κ2) is 7.48. The molecule has 3 fully saturated rings. The SMILES string of the molecule is COC(=O)C1(NC(=O)CN2C(=O)N(C)C3(CCCCC3)C2=O)CCCCC1. The first kappa shape index (κ1) is 19.6. The van der Waals surface area contributed by atoms with Gasteiger partial charge in [-0.15, -0.1) is 0 Å². The van der Waals surface area contributed by atoms with E-state index in [9.17, 15) is 19.2 Å².